The van der Waals surface area contributed by atoms with Gasteiger partial charge in [0, 0.05) is 12.1 Å². The highest BCUT2D eigenvalue weighted by atomic mass is 32.2. The monoisotopic (exact) mass is 365 g/mol. The molecule has 2 heterocycles. The minimum Gasteiger partial charge on any atom is -0.504 e. The Morgan fingerprint density at radius 2 is 2.12 bits per heavy atom. The number of phenolic OH excluding ortho intramolecular Hbond substituents is 1. The van der Waals surface area contributed by atoms with Crippen molar-refractivity contribution >= 4 is 27.1 Å². The first kappa shape index (κ1) is 16.8. The number of rotatable bonds is 6. The summed E-state index contributed by atoms with van der Waals surface area (Å²) < 4.78 is 32.3. The van der Waals surface area contributed by atoms with E-state index in [0.29, 0.717) is 16.8 Å². The van der Waals surface area contributed by atoms with E-state index in [4.69, 9.17) is 8.92 Å². The molecule has 0 radical (unpaired) electrons. The number of ether oxygens (including phenoxy) is 1. The molecule has 0 amide bonds. The molecule has 3 N–H and O–H groups in total. The number of H-pyrrole nitrogens is 1. The van der Waals surface area contributed by atoms with E-state index >= 15 is 0 Å². The van der Waals surface area contributed by atoms with Crippen LogP contribution in [0.5, 0.6) is 17.5 Å². The molecular formula is C14H15N5O5S. The summed E-state index contributed by atoms with van der Waals surface area (Å²) in [7, 11) is -2.32. The molecule has 1 aromatic carbocycles. The summed E-state index contributed by atoms with van der Waals surface area (Å²) >= 11 is 0. The van der Waals surface area contributed by atoms with Gasteiger partial charge in [0.05, 0.1) is 19.7 Å². The predicted octanol–water partition coefficient (Wildman–Crippen LogP) is 1.02. The molecule has 132 valence electrons. The van der Waals surface area contributed by atoms with E-state index in [1.165, 1.54) is 13.4 Å². The first-order chi connectivity index (χ1) is 11.9. The SMILES string of the molecule is COc1cccc(CNc2nc(OS(C)(=O)=O)nc3nc[nH]c23)c1O. The van der Waals surface area contributed by atoms with Crippen molar-refractivity contribution in [3.8, 4) is 17.5 Å². The van der Waals surface area contributed by atoms with Gasteiger partial charge in [0.1, 0.15) is 5.52 Å². The van der Waals surface area contributed by atoms with Crippen LogP contribution < -0.4 is 14.2 Å². The van der Waals surface area contributed by atoms with Crippen LogP contribution in [0.15, 0.2) is 24.5 Å². The molecule has 0 unspecified atom stereocenters. The molecule has 0 bridgehead atoms. The molecule has 0 fully saturated rings. The quantitative estimate of drug-likeness (QED) is 0.546. The first-order valence-corrected chi connectivity index (χ1v) is 8.88. The fraction of sp³-hybridized carbons (Fsp3) is 0.214. The Hall–Kier alpha value is -3.08. The normalized spacial score (nSPS) is 11.4. The lowest BCUT2D eigenvalue weighted by Crippen LogP contribution is -2.10. The minimum absolute atomic E-state index is 0.0000187. The van der Waals surface area contributed by atoms with Gasteiger partial charge in [-0.05, 0) is 6.07 Å². The van der Waals surface area contributed by atoms with Crippen LogP contribution in [0.2, 0.25) is 0 Å². The van der Waals surface area contributed by atoms with Gasteiger partial charge in [0.2, 0.25) is 0 Å². The largest absolute Gasteiger partial charge is 0.504 e. The van der Waals surface area contributed by atoms with Crippen molar-refractivity contribution in [2.24, 2.45) is 0 Å². The van der Waals surface area contributed by atoms with Crippen LogP contribution in [-0.2, 0) is 16.7 Å². The second-order valence-electron chi connectivity index (χ2n) is 5.06. The number of anilines is 1. The number of phenols is 1. The van der Waals surface area contributed by atoms with Gasteiger partial charge in [-0.25, -0.2) is 4.98 Å². The van der Waals surface area contributed by atoms with Crippen molar-refractivity contribution in [1.82, 2.24) is 19.9 Å². The lowest BCUT2D eigenvalue weighted by atomic mass is 10.2. The van der Waals surface area contributed by atoms with Gasteiger partial charge in [-0.15, -0.1) is 0 Å². The van der Waals surface area contributed by atoms with Gasteiger partial charge >= 0.3 is 16.1 Å². The third-order valence-electron chi connectivity index (χ3n) is 3.24. The Morgan fingerprint density at radius 3 is 2.84 bits per heavy atom. The predicted molar refractivity (Wildman–Crippen MR) is 89.1 cm³/mol. The van der Waals surface area contributed by atoms with Crippen LogP contribution in [0.1, 0.15) is 5.56 Å². The number of aromatic amines is 1. The zero-order valence-corrected chi connectivity index (χ0v) is 14.2. The van der Waals surface area contributed by atoms with Crippen LogP contribution in [-0.4, -0.2) is 46.8 Å². The number of aromatic nitrogens is 4. The van der Waals surface area contributed by atoms with E-state index in [1.54, 1.807) is 18.2 Å². The first-order valence-electron chi connectivity index (χ1n) is 7.06. The number of para-hydroxylation sites is 1. The highest BCUT2D eigenvalue weighted by Crippen LogP contribution is 2.30. The van der Waals surface area contributed by atoms with Gasteiger partial charge in [-0.2, -0.15) is 18.4 Å². The van der Waals surface area contributed by atoms with E-state index in [-0.39, 0.29) is 29.8 Å². The number of benzene rings is 1. The number of aromatic hydroxyl groups is 1. The Bertz CT molecular complexity index is 1020. The van der Waals surface area contributed by atoms with Crippen molar-refractivity contribution in [2.45, 2.75) is 6.54 Å². The number of nitrogens with one attached hydrogen (secondary N) is 2. The molecule has 0 aliphatic carbocycles. The number of fused-ring (bicyclic) bond motifs is 1. The highest BCUT2D eigenvalue weighted by Gasteiger charge is 2.15. The van der Waals surface area contributed by atoms with Crippen LogP contribution in [0.25, 0.3) is 11.2 Å². The van der Waals surface area contributed by atoms with E-state index in [0.717, 1.165) is 6.26 Å². The average molecular weight is 365 g/mol. The second kappa shape index (κ2) is 6.43. The molecule has 10 nitrogen and oxygen atoms in total. The van der Waals surface area contributed by atoms with Gasteiger partial charge in [0.25, 0.3) is 0 Å². The lowest BCUT2D eigenvalue weighted by Gasteiger charge is -2.11. The Kier molecular flexibility index (Phi) is 4.31. The van der Waals surface area contributed by atoms with Crippen LogP contribution in [0.4, 0.5) is 5.82 Å². The van der Waals surface area contributed by atoms with E-state index < -0.39 is 10.1 Å². The third-order valence-corrected chi connectivity index (χ3v) is 3.69. The summed E-state index contributed by atoms with van der Waals surface area (Å²) in [5.74, 6) is 0.623. The van der Waals surface area contributed by atoms with Gasteiger partial charge < -0.3 is 24.3 Å². The number of methoxy groups -OCH3 is 1. The highest BCUT2D eigenvalue weighted by molar-refractivity contribution is 7.86. The molecule has 0 saturated carbocycles. The summed E-state index contributed by atoms with van der Waals surface area (Å²) in [4.78, 5) is 14.8. The topological polar surface area (TPSA) is 139 Å². The molecule has 25 heavy (non-hydrogen) atoms. The average Bonchev–Trinajstić information content (AvgIpc) is 3.00. The van der Waals surface area contributed by atoms with Gasteiger partial charge in [-0.1, -0.05) is 12.1 Å². The smallest absolute Gasteiger partial charge is 0.337 e. The fourth-order valence-electron chi connectivity index (χ4n) is 2.17. The fourth-order valence-corrected chi connectivity index (χ4v) is 2.51. The van der Waals surface area contributed by atoms with E-state index in [1.807, 2.05) is 0 Å². The number of hydrogen-bond donors (Lipinski definition) is 3. The van der Waals surface area contributed by atoms with Gasteiger partial charge in [-0.3, -0.25) is 0 Å². The van der Waals surface area contributed by atoms with Crippen LogP contribution in [0.3, 0.4) is 0 Å². The summed E-state index contributed by atoms with van der Waals surface area (Å²) in [5.41, 5.74) is 1.28. The maximum Gasteiger partial charge on any atom is 0.337 e. The number of hydrogen-bond acceptors (Lipinski definition) is 9. The second-order valence-corrected chi connectivity index (χ2v) is 6.64. The number of imidazole rings is 1. The zero-order chi connectivity index (χ0) is 18.0. The maximum absolute atomic E-state index is 11.3. The molecule has 0 saturated heterocycles. The molecule has 0 aliphatic heterocycles. The summed E-state index contributed by atoms with van der Waals surface area (Å²) in [6.07, 6.45) is 2.30. The third kappa shape index (κ3) is 3.71. The summed E-state index contributed by atoms with van der Waals surface area (Å²) in [5, 5.41) is 13.1. The Labute approximate surface area is 143 Å². The Balaban J connectivity index is 1.92. The summed E-state index contributed by atoms with van der Waals surface area (Å²) in [6.45, 7) is 0.201. The van der Waals surface area contributed by atoms with Crippen molar-refractivity contribution in [1.29, 1.82) is 0 Å². The van der Waals surface area contributed by atoms with Crippen molar-refractivity contribution in [3.63, 3.8) is 0 Å². The molecule has 0 atom stereocenters. The van der Waals surface area contributed by atoms with Crippen molar-refractivity contribution in [3.05, 3.63) is 30.1 Å². The van der Waals surface area contributed by atoms with Crippen LogP contribution >= 0.6 is 0 Å². The van der Waals surface area contributed by atoms with Gasteiger partial charge in [0.15, 0.2) is 23.0 Å². The molecule has 0 aliphatic rings. The van der Waals surface area contributed by atoms with Crippen molar-refractivity contribution < 1.29 is 22.4 Å². The molecule has 11 heteroatoms. The van der Waals surface area contributed by atoms with Crippen molar-refractivity contribution in [2.75, 3.05) is 18.7 Å². The van der Waals surface area contributed by atoms with E-state index in [2.05, 4.69) is 25.3 Å². The molecule has 0 spiro atoms. The van der Waals surface area contributed by atoms with E-state index in [9.17, 15) is 13.5 Å². The van der Waals surface area contributed by atoms with Crippen LogP contribution in [0, 0.1) is 0 Å². The maximum atomic E-state index is 11.3. The number of nitrogens with zero attached hydrogens (tertiary/aromatic N) is 3. The summed E-state index contributed by atoms with van der Waals surface area (Å²) in [6, 6.07) is 4.73. The molecule has 2 aromatic heterocycles. The molecule has 3 rings (SSSR count). The minimum atomic E-state index is -3.78. The lowest BCUT2D eigenvalue weighted by molar-refractivity contribution is 0.371. The molecular weight excluding hydrogens is 350 g/mol. The Morgan fingerprint density at radius 1 is 1.32 bits per heavy atom. The molecule has 3 aromatic rings. The zero-order valence-electron chi connectivity index (χ0n) is 13.3. The standard InChI is InChI=1S/C14H15N5O5S/c1-23-9-5-3-4-8(11(9)20)6-15-12-10-13(17-7-16-10)19-14(18-12)24-25(2,21)22/h3-5,7,20H,6H2,1-2H3,(H2,15,16,17,18,19).